The lowest BCUT2D eigenvalue weighted by molar-refractivity contribution is -0.163. The number of hydrogen-bond donors (Lipinski definition) is 0. The second-order valence-electron chi connectivity index (χ2n) is 21.8. The average Bonchev–Trinajstić information content (AvgIpc) is 4.50. The van der Waals surface area contributed by atoms with Crippen LogP contribution in [0.15, 0.2) is 124 Å². The molecular weight excluding hydrogens is 1780 g/mol. The van der Waals surface area contributed by atoms with Gasteiger partial charge in [-0.05, 0) is 358 Å². The van der Waals surface area contributed by atoms with Crippen LogP contribution in [0.4, 0.5) is 0 Å². The first-order valence-corrected chi connectivity index (χ1v) is 36.6. The Bertz CT molecular complexity index is 2860. The van der Waals surface area contributed by atoms with E-state index >= 15 is 0 Å². The van der Waals surface area contributed by atoms with Gasteiger partial charge >= 0.3 is 17.9 Å². The molecule has 12 nitrogen and oxygen atoms in total. The zero-order valence-corrected chi connectivity index (χ0v) is 61.6. The summed E-state index contributed by atoms with van der Waals surface area (Å²) in [5.74, 6) is 3.21. The predicted molar refractivity (Wildman–Crippen MR) is 379 cm³/mol. The molecule has 85 heavy (non-hydrogen) atoms. The Labute approximate surface area is 584 Å². The molecule has 0 amide bonds. The molecule has 6 aromatic rings. The van der Waals surface area contributed by atoms with Crippen molar-refractivity contribution < 1.29 is 57.0 Å². The summed E-state index contributed by atoms with van der Waals surface area (Å²) in [5.41, 5.74) is 1.88. The molecule has 3 saturated carbocycles. The Hall–Kier alpha value is -2.74. The Balaban J connectivity index is 0.856. The van der Waals surface area contributed by atoms with Gasteiger partial charge in [0, 0.05) is 0 Å². The summed E-state index contributed by atoms with van der Waals surface area (Å²) in [4.78, 5) is 41.9. The number of esters is 3. The van der Waals surface area contributed by atoms with Crippen LogP contribution in [-0.2, 0) is 59.3 Å². The molecule has 0 spiro atoms. The third-order valence-electron chi connectivity index (χ3n) is 16.0. The molecular formula is C66H69I6O12S+. The minimum absolute atomic E-state index is 0.130. The van der Waals surface area contributed by atoms with Crippen LogP contribution in [0.1, 0.15) is 134 Å². The van der Waals surface area contributed by atoms with Gasteiger partial charge in [0.05, 0.1) is 32.3 Å². The predicted octanol–water partition coefficient (Wildman–Crippen LogP) is 18.1. The van der Waals surface area contributed by atoms with E-state index < -0.39 is 10.9 Å². The maximum Gasteiger partial charge on any atom is 0.344 e. The van der Waals surface area contributed by atoms with E-state index in [4.69, 9.17) is 42.6 Å². The third kappa shape index (κ3) is 18.0. The van der Waals surface area contributed by atoms with Gasteiger partial charge in [0.25, 0.3) is 0 Å². The van der Waals surface area contributed by atoms with E-state index in [1.165, 1.54) is 0 Å². The Morgan fingerprint density at radius 3 is 0.800 bits per heavy atom. The molecule has 452 valence electrons. The molecule has 0 bridgehead atoms. The van der Waals surface area contributed by atoms with Crippen LogP contribution in [0.5, 0.6) is 34.5 Å². The van der Waals surface area contributed by atoms with Gasteiger partial charge in [-0.15, -0.1) is 0 Å². The minimum atomic E-state index is -0.530. The highest BCUT2D eigenvalue weighted by Gasteiger charge is 2.38. The van der Waals surface area contributed by atoms with Crippen molar-refractivity contribution in [2.24, 2.45) is 0 Å². The van der Waals surface area contributed by atoms with E-state index in [-0.39, 0.29) is 54.5 Å². The van der Waals surface area contributed by atoms with Crippen LogP contribution in [-0.4, -0.2) is 54.5 Å². The number of carbonyl (C=O) groups is 3. The molecule has 3 aliphatic carbocycles. The molecule has 19 heteroatoms. The van der Waals surface area contributed by atoms with E-state index in [1.807, 2.05) is 72.8 Å². The molecule has 3 aliphatic rings. The molecule has 0 atom stereocenters. The Morgan fingerprint density at radius 1 is 0.365 bits per heavy atom. The zero-order valence-electron chi connectivity index (χ0n) is 47.8. The van der Waals surface area contributed by atoms with Crippen molar-refractivity contribution in [1.82, 2.24) is 0 Å². The minimum Gasteiger partial charge on any atom is -0.489 e. The number of carbonyl (C=O) groups excluding carboxylic acids is 3. The fraction of sp³-hybridized carbons (Fsp3) is 0.409. The molecule has 6 aromatic carbocycles. The van der Waals surface area contributed by atoms with Crippen molar-refractivity contribution in [1.29, 1.82) is 0 Å². The summed E-state index contributed by atoms with van der Waals surface area (Å²) in [6.45, 7) is 6.90. The number of hydrogen-bond acceptors (Lipinski definition) is 12. The van der Waals surface area contributed by atoms with Crippen molar-refractivity contribution in [2.45, 2.75) is 168 Å². The van der Waals surface area contributed by atoms with E-state index in [9.17, 15) is 14.4 Å². The SMILES string of the molecule is CCC1(OC(=O)COc2c(I)cc(COc3ccc([S+](c4ccc(OCc5cc(I)c(OCC(=O)OC6(CC)CCCC6)c(I)c5)cc4)c4ccc(OCc5cc(I)c(OCC(=O)OC6(CC)CCCC6)c(I)c5)cc4)cc3)cc2I)CCCC1. The second kappa shape index (κ2) is 31.3. The first-order valence-electron chi connectivity index (χ1n) is 28.9. The molecule has 0 heterocycles. The second-order valence-corrected chi connectivity index (χ2v) is 30.8. The van der Waals surface area contributed by atoms with Crippen molar-refractivity contribution in [2.75, 3.05) is 19.8 Å². The van der Waals surface area contributed by atoms with Gasteiger partial charge in [-0.25, -0.2) is 14.4 Å². The van der Waals surface area contributed by atoms with Gasteiger partial charge in [-0.2, -0.15) is 0 Å². The number of rotatable bonds is 27. The van der Waals surface area contributed by atoms with Crippen molar-refractivity contribution in [3.8, 4) is 34.5 Å². The Kier molecular flexibility index (Phi) is 24.6. The molecule has 0 N–H and O–H groups in total. The highest BCUT2D eigenvalue weighted by molar-refractivity contribution is 14.1. The zero-order chi connectivity index (χ0) is 60.1. The maximum atomic E-state index is 12.9. The van der Waals surface area contributed by atoms with Crippen LogP contribution >= 0.6 is 136 Å². The van der Waals surface area contributed by atoms with Gasteiger partial charge in [0.1, 0.15) is 71.1 Å². The summed E-state index contributed by atoms with van der Waals surface area (Å²) in [6, 6.07) is 37.0. The highest BCUT2D eigenvalue weighted by atomic mass is 127. The van der Waals surface area contributed by atoms with Crippen LogP contribution in [0.25, 0.3) is 0 Å². The van der Waals surface area contributed by atoms with Crippen LogP contribution in [0, 0.1) is 21.4 Å². The van der Waals surface area contributed by atoms with Crippen LogP contribution < -0.4 is 28.4 Å². The highest BCUT2D eigenvalue weighted by Crippen LogP contribution is 2.41. The smallest absolute Gasteiger partial charge is 0.344 e. The molecule has 9 rings (SSSR count). The molecule has 0 radical (unpaired) electrons. The van der Waals surface area contributed by atoms with Crippen molar-refractivity contribution >= 4 is 164 Å². The molecule has 3 fully saturated rings. The molecule has 0 saturated heterocycles. The van der Waals surface area contributed by atoms with Crippen LogP contribution in [0.3, 0.4) is 0 Å². The summed E-state index contributed by atoms with van der Waals surface area (Å²) >= 11 is 13.5. The van der Waals surface area contributed by atoms with E-state index in [2.05, 4.69) is 193 Å². The van der Waals surface area contributed by atoms with Crippen LogP contribution in [0.2, 0.25) is 0 Å². The standard InChI is InChI=1S/C66H69I6O12S/c1-4-64(25-7-8-26-64)82-58(73)40-79-61-52(67)31-43(32-53(61)68)37-76-46-13-19-49(20-14-46)85(50-21-15-47(16-22-50)77-38-44-33-54(69)62(55(70)34-44)80-41-59(74)83-65(5-2)27-9-10-28-65)51-23-17-48(18-24-51)78-39-45-35-56(71)63(57(72)36-45)81-42-60(75)84-66(6-3)29-11-12-30-66/h13-24,31-36H,4-12,25-30,37-42H2,1-3H3/q+1. The summed E-state index contributed by atoms with van der Waals surface area (Å²) in [6.07, 6.45) is 14.4. The first kappa shape index (κ1) is 66.7. The largest absolute Gasteiger partial charge is 0.489 e. The third-order valence-corrected chi connectivity index (χ3v) is 23.1. The Morgan fingerprint density at radius 2 is 0.588 bits per heavy atom. The molecule has 0 unspecified atom stereocenters. The van der Waals surface area contributed by atoms with E-state index in [0.717, 1.165) is 166 Å². The van der Waals surface area contributed by atoms with Gasteiger partial charge in [0.2, 0.25) is 0 Å². The monoisotopic (exact) mass is 1850 g/mol. The number of ether oxygens (including phenoxy) is 9. The topological polar surface area (TPSA) is 134 Å². The van der Waals surface area contributed by atoms with Crippen molar-refractivity contribution in [3.63, 3.8) is 0 Å². The van der Waals surface area contributed by atoms with Gasteiger partial charge < -0.3 is 42.6 Å². The lowest BCUT2D eigenvalue weighted by Crippen LogP contribution is -2.33. The van der Waals surface area contributed by atoms with Gasteiger partial charge in [-0.3, -0.25) is 0 Å². The maximum absolute atomic E-state index is 12.9. The van der Waals surface area contributed by atoms with E-state index in [1.54, 1.807) is 0 Å². The lowest BCUT2D eigenvalue weighted by Gasteiger charge is -2.27. The number of benzene rings is 6. The normalized spacial score (nSPS) is 15.7. The molecule has 0 aliphatic heterocycles. The summed E-state index contributed by atoms with van der Waals surface area (Å²) in [5, 5.41) is 0. The fourth-order valence-electron chi connectivity index (χ4n) is 11.3. The van der Waals surface area contributed by atoms with Crippen molar-refractivity contribution in [3.05, 3.63) is 147 Å². The van der Waals surface area contributed by atoms with E-state index in [0.29, 0.717) is 37.1 Å². The van der Waals surface area contributed by atoms with Gasteiger partial charge in [-0.1, -0.05) is 20.8 Å². The van der Waals surface area contributed by atoms with Gasteiger partial charge in [0.15, 0.2) is 34.5 Å². The first-order chi connectivity index (χ1) is 41.0. The number of halogens is 6. The average molecular weight is 1850 g/mol. The summed E-state index contributed by atoms with van der Waals surface area (Å²) in [7, 11) is -0.530. The quantitative estimate of drug-likeness (QED) is 0.0210. The fourth-order valence-corrected chi connectivity index (χ4v) is 19.9. The molecule has 0 aromatic heterocycles. The lowest BCUT2D eigenvalue weighted by atomic mass is 9.99. The summed E-state index contributed by atoms with van der Waals surface area (Å²) < 4.78 is 60.4.